The summed E-state index contributed by atoms with van der Waals surface area (Å²) in [6.07, 6.45) is -7.64. The molecule has 1 aromatic carbocycles. The molecule has 0 fully saturated rings. The monoisotopic (exact) mass is 516 g/mol. The van der Waals surface area contributed by atoms with Crippen LogP contribution in [0.4, 0.5) is 71.5 Å². The Kier molecular flexibility index (Phi) is 7.17. The van der Waals surface area contributed by atoms with Gasteiger partial charge < -0.3 is 0 Å². The third kappa shape index (κ3) is 4.46. The van der Waals surface area contributed by atoms with E-state index in [9.17, 15) is 65.9 Å². The molecule has 0 saturated heterocycles. The van der Waals surface area contributed by atoms with Crippen molar-refractivity contribution in [1.29, 1.82) is 0 Å². The molecule has 0 N–H and O–H groups in total. The van der Waals surface area contributed by atoms with Crippen molar-refractivity contribution in [2.45, 2.75) is 61.6 Å². The topological polar surface area (TPSA) is 24.7 Å². The van der Waals surface area contributed by atoms with Crippen LogP contribution in [0.1, 0.15) is 25.3 Å². The number of hydrogen-bond donors (Lipinski definition) is 0. The van der Waals surface area contributed by atoms with Crippen LogP contribution in [0, 0.1) is 0 Å². The largest absolute Gasteiger partial charge is 0.460 e. The van der Waals surface area contributed by atoms with Crippen LogP contribution in [0.5, 0.6) is 0 Å². The van der Waals surface area contributed by atoms with Crippen LogP contribution in [0.3, 0.4) is 0 Å². The maximum atomic E-state index is 13.6. The Labute approximate surface area is 174 Å². The molecule has 0 unspecified atom stereocenters. The molecule has 0 amide bonds. The molecule has 0 radical (unpaired) electrons. The van der Waals surface area contributed by atoms with E-state index in [4.69, 9.17) is 0 Å². The van der Waals surface area contributed by atoms with E-state index in [1.807, 2.05) is 0 Å². The highest BCUT2D eigenvalue weighted by Crippen LogP contribution is 2.62. The van der Waals surface area contributed by atoms with Crippen molar-refractivity contribution >= 4 is 5.69 Å². The lowest BCUT2D eigenvalue weighted by atomic mass is 9.93. The lowest BCUT2D eigenvalue weighted by Gasteiger charge is -2.40. The fourth-order valence-electron chi connectivity index (χ4n) is 2.07. The molecule has 0 bridgehead atoms. The Hall–Kier alpha value is -2.23. The van der Waals surface area contributed by atoms with Gasteiger partial charge in [0.1, 0.15) is 0 Å². The average molecular weight is 516 g/mol. The van der Waals surface area contributed by atoms with E-state index in [1.165, 1.54) is 17.2 Å². The van der Waals surface area contributed by atoms with Gasteiger partial charge in [-0.2, -0.15) is 71.0 Å². The molecule has 190 valence electrons. The van der Waals surface area contributed by atoms with Gasteiger partial charge in [-0.05, 0) is 23.6 Å². The quantitative estimate of drug-likeness (QED) is 0.189. The minimum atomic E-state index is -8.35. The lowest BCUT2D eigenvalue weighted by molar-refractivity contribution is -0.452. The summed E-state index contributed by atoms with van der Waals surface area (Å²) in [6, 6.07) is -2.74. The van der Waals surface area contributed by atoms with Gasteiger partial charge in [-0.1, -0.05) is 26.0 Å². The maximum Gasteiger partial charge on any atom is 0.460 e. The highest BCUT2D eigenvalue weighted by molar-refractivity contribution is 5.39. The Morgan fingerprint density at radius 2 is 0.909 bits per heavy atom. The average Bonchev–Trinajstić information content (AvgIpc) is 2.65. The van der Waals surface area contributed by atoms with Gasteiger partial charge in [-0.3, -0.25) is 0 Å². The summed E-state index contributed by atoms with van der Waals surface area (Å²) < 4.78 is 196. The van der Waals surface area contributed by atoms with Gasteiger partial charge in [-0.15, -0.1) is 5.11 Å². The Morgan fingerprint density at radius 1 is 0.545 bits per heavy atom. The number of rotatable bonds is 8. The standard InChI is InChI=1S/C16H11F15N2/c1-7(2)8-3-5-9(6-4-8)32-33-16(30,31)14(25,26)12(21,22)10(17,18)11(19,20)13(23,24)15(27,28)29/h3-7H,1-2H3. The predicted molar refractivity (Wildman–Crippen MR) is 80.8 cm³/mol. The third-order valence-electron chi connectivity index (χ3n) is 4.16. The molecule has 2 nitrogen and oxygen atoms in total. The van der Waals surface area contributed by atoms with Gasteiger partial charge in [-0.25, -0.2) is 0 Å². The molecular weight excluding hydrogens is 505 g/mol. The second kappa shape index (κ2) is 8.21. The molecule has 0 atom stereocenters. The highest BCUT2D eigenvalue weighted by Gasteiger charge is 2.93. The van der Waals surface area contributed by atoms with Gasteiger partial charge in [0, 0.05) is 0 Å². The van der Waals surface area contributed by atoms with Gasteiger partial charge in [0.2, 0.25) is 0 Å². The van der Waals surface area contributed by atoms with Crippen LogP contribution in [-0.4, -0.2) is 41.8 Å². The van der Waals surface area contributed by atoms with Crippen molar-refractivity contribution in [2.75, 3.05) is 0 Å². The molecular formula is C16H11F15N2. The summed E-state index contributed by atoms with van der Waals surface area (Å²) in [7, 11) is 0. The summed E-state index contributed by atoms with van der Waals surface area (Å²) in [6.45, 7) is 3.32. The number of halogens is 15. The maximum absolute atomic E-state index is 13.6. The number of nitrogens with zero attached hydrogens (tertiary/aromatic N) is 2. The second-order valence-electron chi connectivity index (χ2n) is 6.86. The van der Waals surface area contributed by atoms with Crippen LogP contribution < -0.4 is 0 Å². The summed E-state index contributed by atoms with van der Waals surface area (Å²) in [5, 5.41) is 3.81. The first kappa shape index (κ1) is 28.8. The van der Waals surface area contributed by atoms with E-state index < -0.39 is 47.5 Å². The molecule has 0 aliphatic carbocycles. The summed E-state index contributed by atoms with van der Waals surface area (Å²) in [5.74, 6) is -40.7. The van der Waals surface area contributed by atoms with Crippen molar-refractivity contribution < 1.29 is 65.9 Å². The summed E-state index contributed by atoms with van der Waals surface area (Å²) >= 11 is 0. The smallest absolute Gasteiger partial charge is 0.192 e. The molecule has 0 spiro atoms. The first-order chi connectivity index (χ1) is 14.4. The zero-order valence-corrected chi connectivity index (χ0v) is 16.0. The first-order valence-corrected chi connectivity index (χ1v) is 8.25. The van der Waals surface area contributed by atoms with Gasteiger partial charge in [0.25, 0.3) is 0 Å². The van der Waals surface area contributed by atoms with E-state index in [1.54, 1.807) is 13.8 Å². The Bertz CT molecular complexity index is 854. The Balaban J connectivity index is 3.44. The molecule has 33 heavy (non-hydrogen) atoms. The van der Waals surface area contributed by atoms with Crippen LogP contribution in [0.25, 0.3) is 0 Å². The van der Waals surface area contributed by atoms with E-state index in [0.717, 1.165) is 12.1 Å². The minimum absolute atomic E-state index is 0.140. The normalized spacial score (nSPS) is 15.6. The molecule has 0 aromatic heterocycles. The minimum Gasteiger partial charge on any atom is -0.192 e. The lowest BCUT2D eigenvalue weighted by Crippen LogP contribution is -2.72. The van der Waals surface area contributed by atoms with E-state index >= 15 is 0 Å². The van der Waals surface area contributed by atoms with Crippen molar-refractivity contribution in [2.24, 2.45) is 10.2 Å². The summed E-state index contributed by atoms with van der Waals surface area (Å²) in [5.41, 5.74) is -0.205. The SMILES string of the molecule is CC(C)c1ccc(N=NC(F)(F)C(F)(F)C(F)(F)C(F)(F)C(F)(F)C(F)(F)C(F)(F)F)cc1. The van der Waals surface area contributed by atoms with Gasteiger partial charge in [0.05, 0.1) is 5.69 Å². The molecule has 17 heteroatoms. The van der Waals surface area contributed by atoms with Crippen LogP contribution in [0.15, 0.2) is 34.5 Å². The number of benzene rings is 1. The molecule has 1 aromatic rings. The molecule has 1 rings (SSSR count). The molecule has 0 aliphatic rings. The van der Waals surface area contributed by atoms with Crippen LogP contribution in [0.2, 0.25) is 0 Å². The molecule has 0 heterocycles. The summed E-state index contributed by atoms with van der Waals surface area (Å²) in [4.78, 5) is 0. The number of alkyl halides is 15. The van der Waals surface area contributed by atoms with E-state index in [-0.39, 0.29) is 5.92 Å². The van der Waals surface area contributed by atoms with Crippen molar-refractivity contribution in [3.8, 4) is 0 Å². The zero-order chi connectivity index (χ0) is 26.5. The zero-order valence-electron chi connectivity index (χ0n) is 16.0. The van der Waals surface area contributed by atoms with Crippen molar-refractivity contribution in [1.82, 2.24) is 0 Å². The fourth-order valence-corrected chi connectivity index (χ4v) is 2.07. The molecule has 0 aliphatic heterocycles. The van der Waals surface area contributed by atoms with Gasteiger partial charge in [0.15, 0.2) is 0 Å². The van der Waals surface area contributed by atoms with Crippen molar-refractivity contribution in [3.63, 3.8) is 0 Å². The number of azo groups is 1. The van der Waals surface area contributed by atoms with Crippen LogP contribution >= 0.6 is 0 Å². The second-order valence-corrected chi connectivity index (χ2v) is 6.86. The molecule has 0 saturated carbocycles. The Morgan fingerprint density at radius 3 is 1.27 bits per heavy atom. The van der Waals surface area contributed by atoms with Crippen molar-refractivity contribution in [3.05, 3.63) is 29.8 Å². The first-order valence-electron chi connectivity index (χ1n) is 8.25. The number of hydrogen-bond acceptors (Lipinski definition) is 2. The van der Waals surface area contributed by atoms with E-state index in [0.29, 0.717) is 5.56 Å². The van der Waals surface area contributed by atoms with Gasteiger partial charge >= 0.3 is 41.8 Å². The fraction of sp³-hybridized carbons (Fsp3) is 0.625. The third-order valence-corrected chi connectivity index (χ3v) is 4.16. The van der Waals surface area contributed by atoms with E-state index in [2.05, 4.69) is 5.11 Å². The predicted octanol–water partition coefficient (Wildman–Crippen LogP) is 8.23. The highest BCUT2D eigenvalue weighted by atomic mass is 19.4. The van der Waals surface area contributed by atoms with Crippen LogP contribution in [-0.2, 0) is 0 Å².